The zero-order valence-corrected chi connectivity index (χ0v) is 4.80. The van der Waals surface area contributed by atoms with Gasteiger partial charge in [-0.2, -0.15) is 0 Å². The van der Waals surface area contributed by atoms with Gasteiger partial charge in [0, 0.05) is 0 Å². The Morgan fingerprint density at radius 1 is 1.12 bits per heavy atom. The molecule has 0 aliphatic rings. The highest BCUT2D eigenvalue weighted by Gasteiger charge is 2.16. The second-order valence-electron chi connectivity index (χ2n) is 1.60. The first-order chi connectivity index (χ1) is 3.55. The average Bonchev–Trinajstić information content (AvgIpc) is 1.64. The Morgan fingerprint density at radius 2 is 1.38 bits per heavy atom. The van der Waals surface area contributed by atoms with Crippen molar-refractivity contribution >= 4 is 11.6 Å². The number of carbonyl (C=O) groups is 2. The first-order valence-corrected chi connectivity index (χ1v) is 2.22. The Bertz CT molecular complexity index is 103. The average molecular weight is 115 g/mol. The van der Waals surface area contributed by atoms with Crippen molar-refractivity contribution in [2.45, 2.75) is 20.0 Å². The fourth-order valence-corrected chi connectivity index (χ4v) is 0.286. The first kappa shape index (κ1) is 7.30. The van der Waals surface area contributed by atoms with E-state index in [0.717, 1.165) is 13.8 Å². The molecule has 0 atom stereocenters. The van der Waals surface area contributed by atoms with Gasteiger partial charge in [-0.3, -0.25) is 9.59 Å². The summed E-state index contributed by atoms with van der Waals surface area (Å²) < 4.78 is 0. The lowest BCUT2D eigenvalue weighted by atomic mass is 10.2. The molecule has 0 fully saturated rings. The maximum absolute atomic E-state index is 10.2. The molecule has 0 aliphatic heterocycles. The van der Waals surface area contributed by atoms with Crippen molar-refractivity contribution in [3.05, 3.63) is 0 Å². The molecule has 0 aromatic carbocycles. The maximum Gasteiger partial charge on any atom is 0.208 e. The monoisotopic (exact) mass is 115 g/mol. The molecule has 0 saturated heterocycles. The molecule has 0 saturated carbocycles. The van der Waals surface area contributed by atoms with E-state index in [1.54, 1.807) is 0 Å². The molecule has 0 heterocycles. The van der Waals surface area contributed by atoms with Gasteiger partial charge in [0.1, 0.15) is 0 Å². The molecule has 0 N–H and O–H groups in total. The smallest absolute Gasteiger partial charge is 0.208 e. The number of Topliss-reactive ketones (excluding diaryl/α,β-unsaturated/α-hetero) is 2. The van der Waals surface area contributed by atoms with Crippen LogP contribution in [0.5, 0.6) is 0 Å². The summed E-state index contributed by atoms with van der Waals surface area (Å²) in [5.74, 6) is -1.23. The van der Waals surface area contributed by atoms with E-state index in [0.29, 0.717) is 0 Å². The number of hydrogen-bond donors (Lipinski definition) is 0. The topological polar surface area (TPSA) is 54.0 Å². The van der Waals surface area contributed by atoms with E-state index in [9.17, 15) is 14.7 Å². The van der Waals surface area contributed by atoms with Crippen LogP contribution in [-0.2, 0) is 14.7 Å². The second-order valence-corrected chi connectivity index (χ2v) is 1.60. The molecule has 0 aliphatic carbocycles. The predicted octanol–water partition coefficient (Wildman–Crippen LogP) is -0.0365. The van der Waals surface area contributed by atoms with E-state index in [-0.39, 0.29) is 0 Å². The molecule has 0 bridgehead atoms. The molecule has 0 spiro atoms. The normalized spacial score (nSPS) is 9.50. The van der Waals surface area contributed by atoms with Crippen LogP contribution < -0.4 is 0 Å². The fraction of sp³-hybridized carbons (Fsp3) is 0.600. The molecule has 0 aromatic rings. The Kier molecular flexibility index (Phi) is 2.34. The van der Waals surface area contributed by atoms with Gasteiger partial charge in [0.2, 0.25) is 6.10 Å². The SMILES string of the molecule is CC(=O)C([O])C(C)=O. The molecule has 1 radical (unpaired) electrons. The molecular weight excluding hydrogens is 108 g/mol. The van der Waals surface area contributed by atoms with Crippen molar-refractivity contribution < 1.29 is 14.7 Å². The van der Waals surface area contributed by atoms with E-state index in [1.807, 2.05) is 0 Å². The minimum absolute atomic E-state index is 0.613. The van der Waals surface area contributed by atoms with Gasteiger partial charge in [0.05, 0.1) is 0 Å². The van der Waals surface area contributed by atoms with Crippen LogP contribution in [0, 0.1) is 0 Å². The molecular formula is C5H7O3. The summed E-state index contributed by atoms with van der Waals surface area (Å²) in [5, 5.41) is 10.2. The molecule has 0 rings (SSSR count). The summed E-state index contributed by atoms with van der Waals surface area (Å²) in [7, 11) is 0. The van der Waals surface area contributed by atoms with E-state index in [1.165, 1.54) is 0 Å². The van der Waals surface area contributed by atoms with Crippen LogP contribution >= 0.6 is 0 Å². The van der Waals surface area contributed by atoms with E-state index in [4.69, 9.17) is 0 Å². The van der Waals surface area contributed by atoms with Crippen molar-refractivity contribution in [1.29, 1.82) is 0 Å². The van der Waals surface area contributed by atoms with Crippen molar-refractivity contribution in [3.8, 4) is 0 Å². The highest BCUT2D eigenvalue weighted by Crippen LogP contribution is 1.85. The minimum Gasteiger partial charge on any atom is -0.296 e. The van der Waals surface area contributed by atoms with Crippen LogP contribution in [0.15, 0.2) is 0 Å². The summed E-state index contributed by atoms with van der Waals surface area (Å²) in [6.45, 7) is 2.22. The maximum atomic E-state index is 10.2. The standard InChI is InChI=1S/C5H7O3/c1-3(6)5(8)4(2)7/h5H,1-2H3. The van der Waals surface area contributed by atoms with Crippen LogP contribution in [0.2, 0.25) is 0 Å². The lowest BCUT2D eigenvalue weighted by Gasteiger charge is -1.93. The Labute approximate surface area is 47.3 Å². The van der Waals surface area contributed by atoms with Crippen LogP contribution in [0.25, 0.3) is 0 Å². The van der Waals surface area contributed by atoms with Crippen LogP contribution in [0.3, 0.4) is 0 Å². The van der Waals surface area contributed by atoms with Gasteiger partial charge in [-0.25, -0.2) is 5.11 Å². The predicted molar refractivity (Wildman–Crippen MR) is 25.8 cm³/mol. The molecule has 0 unspecified atom stereocenters. The van der Waals surface area contributed by atoms with Crippen LogP contribution in [-0.4, -0.2) is 17.7 Å². The molecule has 8 heavy (non-hydrogen) atoms. The third-order valence-corrected chi connectivity index (χ3v) is 0.738. The zero-order valence-electron chi connectivity index (χ0n) is 4.80. The number of carbonyl (C=O) groups excluding carboxylic acids is 2. The van der Waals surface area contributed by atoms with Gasteiger partial charge < -0.3 is 0 Å². The molecule has 45 valence electrons. The summed E-state index contributed by atoms with van der Waals surface area (Å²) >= 11 is 0. The van der Waals surface area contributed by atoms with Gasteiger partial charge in [-0.15, -0.1) is 0 Å². The third-order valence-electron chi connectivity index (χ3n) is 0.738. The highest BCUT2D eigenvalue weighted by atomic mass is 16.3. The largest absolute Gasteiger partial charge is 0.296 e. The second kappa shape index (κ2) is 2.57. The molecule has 3 heteroatoms. The quantitative estimate of drug-likeness (QED) is 0.474. The summed E-state index contributed by atoms with van der Waals surface area (Å²) in [6, 6.07) is 0. The van der Waals surface area contributed by atoms with Gasteiger partial charge in [0.15, 0.2) is 11.6 Å². The Morgan fingerprint density at radius 3 is 1.38 bits per heavy atom. The Balaban J connectivity index is 3.83. The summed E-state index contributed by atoms with van der Waals surface area (Å²) in [5.41, 5.74) is 0. The van der Waals surface area contributed by atoms with Gasteiger partial charge in [-0.1, -0.05) is 0 Å². The van der Waals surface area contributed by atoms with Crippen LogP contribution in [0.4, 0.5) is 0 Å². The number of ketones is 2. The molecule has 0 amide bonds. The van der Waals surface area contributed by atoms with Crippen molar-refractivity contribution in [1.82, 2.24) is 0 Å². The number of hydrogen-bond acceptors (Lipinski definition) is 2. The first-order valence-electron chi connectivity index (χ1n) is 2.22. The number of rotatable bonds is 2. The zero-order chi connectivity index (χ0) is 6.73. The summed E-state index contributed by atoms with van der Waals surface area (Å²) in [4.78, 5) is 20.1. The van der Waals surface area contributed by atoms with Gasteiger partial charge in [0.25, 0.3) is 0 Å². The third kappa shape index (κ3) is 1.84. The summed E-state index contributed by atoms with van der Waals surface area (Å²) in [6.07, 6.45) is -1.66. The molecule has 0 aromatic heterocycles. The van der Waals surface area contributed by atoms with Crippen molar-refractivity contribution in [2.24, 2.45) is 0 Å². The highest BCUT2D eigenvalue weighted by molar-refractivity contribution is 6.02. The van der Waals surface area contributed by atoms with E-state index in [2.05, 4.69) is 0 Å². The Hall–Kier alpha value is -0.700. The lowest BCUT2D eigenvalue weighted by molar-refractivity contribution is -0.139. The lowest BCUT2D eigenvalue weighted by Crippen LogP contribution is -2.23. The van der Waals surface area contributed by atoms with Crippen molar-refractivity contribution in [2.75, 3.05) is 0 Å². The van der Waals surface area contributed by atoms with E-state index < -0.39 is 17.7 Å². The van der Waals surface area contributed by atoms with Crippen LogP contribution in [0.1, 0.15) is 13.8 Å². The van der Waals surface area contributed by atoms with Gasteiger partial charge in [-0.05, 0) is 13.8 Å². The molecule has 3 nitrogen and oxygen atoms in total. The minimum atomic E-state index is -1.66. The van der Waals surface area contributed by atoms with E-state index >= 15 is 0 Å². The van der Waals surface area contributed by atoms with Gasteiger partial charge >= 0.3 is 0 Å². The van der Waals surface area contributed by atoms with Crippen molar-refractivity contribution in [3.63, 3.8) is 0 Å². The fourth-order valence-electron chi connectivity index (χ4n) is 0.286.